The highest BCUT2D eigenvalue weighted by Gasteiger charge is 2.12. The van der Waals surface area contributed by atoms with Gasteiger partial charge in [-0.3, -0.25) is 4.98 Å². The molecule has 0 atom stereocenters. The molecule has 8 nitrogen and oxygen atoms in total. The van der Waals surface area contributed by atoms with Crippen molar-refractivity contribution >= 4 is 29.3 Å². The highest BCUT2D eigenvalue weighted by molar-refractivity contribution is 5.95. The quantitative estimate of drug-likeness (QED) is 0.318. The maximum Gasteiger partial charge on any atom is 0.335 e. The number of rotatable bonds is 7. The summed E-state index contributed by atoms with van der Waals surface area (Å²) in [4.78, 5) is 16.0. The number of aryl methyl sites for hydroxylation is 1. The molecule has 0 saturated heterocycles. The molecule has 0 saturated carbocycles. The van der Waals surface area contributed by atoms with Gasteiger partial charge in [0.2, 0.25) is 0 Å². The summed E-state index contributed by atoms with van der Waals surface area (Å²) in [6.45, 7) is 2.36. The number of benzene rings is 3. The summed E-state index contributed by atoms with van der Waals surface area (Å²) in [5.41, 5.74) is 5.76. The van der Waals surface area contributed by atoms with Gasteiger partial charge in [0.15, 0.2) is 5.82 Å². The van der Waals surface area contributed by atoms with Crippen molar-refractivity contribution in [3.8, 4) is 28.3 Å². The monoisotopic (exact) mass is 487 g/mol. The summed E-state index contributed by atoms with van der Waals surface area (Å²) in [6.07, 6.45) is 0.752. The number of ether oxygens (including phenoxy) is 1. The molecule has 0 fully saturated rings. The van der Waals surface area contributed by atoms with E-state index in [1.165, 1.54) is 0 Å². The average molecular weight is 488 g/mol. The van der Waals surface area contributed by atoms with Gasteiger partial charge in [-0.2, -0.15) is 0 Å². The van der Waals surface area contributed by atoms with Gasteiger partial charge in [0.25, 0.3) is 0 Å². The number of fused-ring (bicyclic) bond motifs is 1. The van der Waals surface area contributed by atoms with Crippen molar-refractivity contribution in [1.82, 2.24) is 25.6 Å². The van der Waals surface area contributed by atoms with E-state index in [4.69, 9.17) is 4.74 Å². The van der Waals surface area contributed by atoms with Crippen LogP contribution in [0.4, 0.5) is 0 Å². The molecular formula is C26H22ClN5O3. The average Bonchev–Trinajstić information content (AvgIpc) is 3.42. The summed E-state index contributed by atoms with van der Waals surface area (Å²) < 4.78 is 6.15. The molecule has 9 heteroatoms. The Bertz CT molecular complexity index is 1470. The third-order valence-electron chi connectivity index (χ3n) is 5.62. The predicted octanol–water partition coefficient (Wildman–Crippen LogP) is 5.34. The summed E-state index contributed by atoms with van der Waals surface area (Å²) in [5.74, 6) is 0.252. The number of hydrogen-bond donors (Lipinski definition) is 2. The Balaban J connectivity index is 0.00000289. The van der Waals surface area contributed by atoms with Crippen LogP contribution in [0, 0.1) is 0 Å². The Hall–Kier alpha value is -4.30. The first-order valence-corrected chi connectivity index (χ1v) is 10.8. The van der Waals surface area contributed by atoms with E-state index in [0.29, 0.717) is 29.1 Å². The van der Waals surface area contributed by atoms with E-state index in [9.17, 15) is 9.90 Å². The zero-order valence-electron chi connectivity index (χ0n) is 18.8. The highest BCUT2D eigenvalue weighted by Crippen LogP contribution is 2.31. The van der Waals surface area contributed by atoms with Crippen LogP contribution in [0.15, 0.2) is 72.8 Å². The van der Waals surface area contributed by atoms with Crippen LogP contribution in [-0.2, 0) is 13.0 Å². The van der Waals surface area contributed by atoms with Crippen molar-refractivity contribution in [2.75, 3.05) is 0 Å². The molecule has 5 aromatic rings. The number of H-pyrrole nitrogens is 1. The molecule has 0 amide bonds. The van der Waals surface area contributed by atoms with Crippen LogP contribution < -0.4 is 4.74 Å². The fraction of sp³-hybridized carbons (Fsp3) is 0.115. The number of carboxylic acids is 1. The molecule has 0 spiro atoms. The first-order chi connectivity index (χ1) is 16.6. The largest absolute Gasteiger partial charge is 0.488 e. The molecule has 2 aromatic heterocycles. The van der Waals surface area contributed by atoms with Crippen LogP contribution in [0.5, 0.6) is 5.75 Å². The molecule has 3 aromatic carbocycles. The van der Waals surface area contributed by atoms with E-state index < -0.39 is 5.97 Å². The Kier molecular flexibility index (Phi) is 7.03. The molecule has 5 rings (SSSR count). The first-order valence-electron chi connectivity index (χ1n) is 10.8. The lowest BCUT2D eigenvalue weighted by Crippen LogP contribution is -2.01. The summed E-state index contributed by atoms with van der Waals surface area (Å²) in [7, 11) is 0. The van der Waals surface area contributed by atoms with Crippen molar-refractivity contribution in [3.05, 3.63) is 89.6 Å². The van der Waals surface area contributed by atoms with E-state index in [1.807, 2.05) is 61.5 Å². The number of carbonyl (C=O) groups is 1. The van der Waals surface area contributed by atoms with Crippen molar-refractivity contribution in [2.45, 2.75) is 20.0 Å². The third-order valence-corrected chi connectivity index (χ3v) is 5.62. The number of tetrazole rings is 1. The molecule has 2 heterocycles. The fourth-order valence-electron chi connectivity index (χ4n) is 3.84. The third kappa shape index (κ3) is 4.97. The highest BCUT2D eigenvalue weighted by atomic mass is 35.5. The summed E-state index contributed by atoms with van der Waals surface area (Å²) in [6, 6.07) is 22.8. The van der Waals surface area contributed by atoms with Gasteiger partial charge in [0.1, 0.15) is 12.4 Å². The molecule has 0 aliphatic heterocycles. The summed E-state index contributed by atoms with van der Waals surface area (Å²) in [5, 5.41) is 24.2. The maximum absolute atomic E-state index is 11.4. The van der Waals surface area contributed by atoms with Gasteiger partial charge in [-0.1, -0.05) is 55.5 Å². The van der Waals surface area contributed by atoms with E-state index in [1.54, 1.807) is 18.2 Å². The van der Waals surface area contributed by atoms with E-state index in [-0.39, 0.29) is 18.0 Å². The fourth-order valence-corrected chi connectivity index (χ4v) is 3.84. The van der Waals surface area contributed by atoms with Crippen LogP contribution in [-0.4, -0.2) is 36.7 Å². The second-order valence-corrected chi connectivity index (χ2v) is 7.78. The Morgan fingerprint density at radius 1 is 1.00 bits per heavy atom. The van der Waals surface area contributed by atoms with Crippen LogP contribution in [0.3, 0.4) is 0 Å². The summed E-state index contributed by atoms with van der Waals surface area (Å²) >= 11 is 0. The van der Waals surface area contributed by atoms with Gasteiger partial charge >= 0.3 is 5.97 Å². The molecule has 0 bridgehead atoms. The van der Waals surface area contributed by atoms with Crippen molar-refractivity contribution in [3.63, 3.8) is 0 Å². The maximum atomic E-state index is 11.4. The molecule has 2 N–H and O–H groups in total. The van der Waals surface area contributed by atoms with Gasteiger partial charge < -0.3 is 9.84 Å². The predicted molar refractivity (Wildman–Crippen MR) is 135 cm³/mol. The van der Waals surface area contributed by atoms with E-state index >= 15 is 0 Å². The molecular weight excluding hydrogens is 466 g/mol. The lowest BCUT2D eigenvalue weighted by atomic mass is 9.98. The number of aromatic nitrogens is 5. The van der Waals surface area contributed by atoms with Gasteiger partial charge in [-0.25, -0.2) is 9.89 Å². The number of nitrogens with one attached hydrogen (secondary N) is 1. The minimum absolute atomic E-state index is 0. The zero-order valence-corrected chi connectivity index (χ0v) is 19.6. The smallest absolute Gasteiger partial charge is 0.335 e. The lowest BCUT2D eigenvalue weighted by molar-refractivity contribution is 0.0697. The Morgan fingerprint density at radius 3 is 2.46 bits per heavy atom. The minimum atomic E-state index is -0.982. The van der Waals surface area contributed by atoms with Crippen molar-refractivity contribution in [2.24, 2.45) is 0 Å². The topological polar surface area (TPSA) is 114 Å². The molecule has 176 valence electrons. The van der Waals surface area contributed by atoms with Gasteiger partial charge in [-0.15, -0.1) is 17.5 Å². The number of halogens is 1. The van der Waals surface area contributed by atoms with Crippen LogP contribution in [0.1, 0.15) is 28.5 Å². The number of aromatic carboxylic acids is 1. The zero-order chi connectivity index (χ0) is 23.5. The van der Waals surface area contributed by atoms with Crippen LogP contribution in [0.2, 0.25) is 0 Å². The van der Waals surface area contributed by atoms with Crippen molar-refractivity contribution < 1.29 is 14.6 Å². The molecule has 0 aliphatic rings. The normalized spacial score (nSPS) is 10.7. The van der Waals surface area contributed by atoms with Gasteiger partial charge in [0.05, 0.1) is 11.1 Å². The lowest BCUT2D eigenvalue weighted by Gasteiger charge is -2.12. The van der Waals surface area contributed by atoms with Crippen LogP contribution >= 0.6 is 12.4 Å². The number of hydrogen-bond acceptors (Lipinski definition) is 6. The molecule has 0 radical (unpaired) electrons. The number of pyridine rings is 1. The van der Waals surface area contributed by atoms with Crippen LogP contribution in [0.25, 0.3) is 33.4 Å². The Morgan fingerprint density at radius 2 is 1.77 bits per heavy atom. The SMILES string of the molecule is CCc1cc(OCc2ccc(-c3ccccc3-c3nnn[nH]3)cc2)c2cc(C(=O)O)ccc2n1.Cl. The van der Waals surface area contributed by atoms with Gasteiger partial charge in [0, 0.05) is 22.7 Å². The van der Waals surface area contributed by atoms with Crippen molar-refractivity contribution in [1.29, 1.82) is 0 Å². The Labute approximate surface area is 207 Å². The van der Waals surface area contributed by atoms with E-state index in [0.717, 1.165) is 34.4 Å². The van der Waals surface area contributed by atoms with E-state index in [2.05, 4.69) is 25.6 Å². The van der Waals surface area contributed by atoms with Gasteiger partial charge in [-0.05, 0) is 51.7 Å². The minimum Gasteiger partial charge on any atom is -0.488 e. The second-order valence-electron chi connectivity index (χ2n) is 7.78. The molecule has 35 heavy (non-hydrogen) atoms. The molecule has 0 unspecified atom stereocenters. The molecule has 0 aliphatic carbocycles. The second kappa shape index (κ2) is 10.3. The number of aromatic amines is 1. The standard InChI is InChI=1S/C26H21N5O3.ClH/c1-2-19-14-24(22-13-18(26(32)33)11-12-23(22)27-19)34-15-16-7-9-17(10-8-16)20-5-3-4-6-21(20)25-28-30-31-29-25;/h3-14H,2,15H2,1H3,(H,32,33)(H,28,29,30,31);1H. The number of nitrogens with zero attached hydrogens (tertiary/aromatic N) is 4. The first kappa shape index (κ1) is 23.8. The number of carboxylic acid groups (broad SMARTS) is 1.